The molecule has 5 rings (SSSR count). The van der Waals surface area contributed by atoms with Crippen molar-refractivity contribution in [1.82, 2.24) is 15.2 Å². The average molecular weight is 784 g/mol. The molecule has 0 unspecified atom stereocenters. The minimum Gasteiger partial charge on any atom is -0.497 e. The van der Waals surface area contributed by atoms with Crippen LogP contribution in [0, 0.1) is 11.6 Å². The number of carboxylic acid groups (broad SMARTS) is 2. The Morgan fingerprint density at radius 1 is 0.904 bits per heavy atom. The number of halogens is 9. The van der Waals surface area contributed by atoms with Gasteiger partial charge in [-0.2, -0.15) is 26.3 Å². The Hall–Kier alpha value is -4.55. The van der Waals surface area contributed by atoms with E-state index < -0.39 is 35.9 Å². The molecule has 282 valence electrons. The van der Waals surface area contributed by atoms with Crippen LogP contribution >= 0.6 is 22.9 Å². The summed E-state index contributed by atoms with van der Waals surface area (Å²) in [6.07, 6.45) is -3.24. The predicted molar refractivity (Wildman–Crippen MR) is 175 cm³/mol. The molecule has 1 fully saturated rings. The van der Waals surface area contributed by atoms with E-state index in [-0.39, 0.29) is 31.9 Å². The van der Waals surface area contributed by atoms with Crippen LogP contribution in [-0.2, 0) is 16.1 Å². The topological polar surface area (TPSA) is 129 Å². The first-order valence-corrected chi connectivity index (χ1v) is 16.2. The van der Waals surface area contributed by atoms with Crippen LogP contribution in [0.15, 0.2) is 54.9 Å². The number of hydrogen-bond acceptors (Lipinski definition) is 7. The number of methoxy groups -OCH3 is 1. The number of rotatable bonds is 7. The molecule has 1 aliphatic carbocycles. The van der Waals surface area contributed by atoms with E-state index in [1.165, 1.54) is 0 Å². The first-order chi connectivity index (χ1) is 24.3. The summed E-state index contributed by atoms with van der Waals surface area (Å²) in [6, 6.07) is 12.2. The van der Waals surface area contributed by atoms with Crippen LogP contribution in [0.2, 0.25) is 5.02 Å². The zero-order chi connectivity index (χ0) is 39.0. The Morgan fingerprint density at radius 2 is 1.44 bits per heavy atom. The second-order valence-electron chi connectivity index (χ2n) is 11.1. The van der Waals surface area contributed by atoms with Gasteiger partial charge < -0.3 is 25.2 Å². The first-order valence-electron chi connectivity index (χ1n) is 15.0. The average Bonchev–Trinajstić information content (AvgIpc) is 3.46. The van der Waals surface area contributed by atoms with Gasteiger partial charge in [0.1, 0.15) is 22.3 Å². The van der Waals surface area contributed by atoms with Gasteiger partial charge in [0.25, 0.3) is 5.91 Å². The van der Waals surface area contributed by atoms with Crippen LogP contribution in [0.1, 0.15) is 40.9 Å². The molecule has 52 heavy (non-hydrogen) atoms. The molecule has 0 aliphatic heterocycles. The molecule has 4 aromatic rings. The van der Waals surface area contributed by atoms with Crippen molar-refractivity contribution in [3.8, 4) is 16.9 Å². The van der Waals surface area contributed by atoms with Gasteiger partial charge in [0, 0.05) is 31.0 Å². The van der Waals surface area contributed by atoms with Crippen molar-refractivity contribution >= 4 is 50.9 Å². The minimum atomic E-state index is -5.08. The lowest BCUT2D eigenvalue weighted by Crippen LogP contribution is -2.44. The second-order valence-corrected chi connectivity index (χ2v) is 12.5. The number of hydrogen-bond donors (Lipinski definition) is 3. The maximum absolute atomic E-state index is 14.6. The van der Waals surface area contributed by atoms with Crippen LogP contribution in [0.25, 0.3) is 21.2 Å². The molecule has 0 atom stereocenters. The molecule has 1 aliphatic rings. The molecule has 2 heterocycles. The fourth-order valence-electron chi connectivity index (χ4n) is 5.19. The SMILES string of the molecule is CNC1CCC(N(Cc2cc(OC)cc(-c3ccncc3)c2)C(=O)c2sc3c(F)ccc(F)c3c2Cl)CC1.O=C(O)C(F)(F)F.O=C(O)C(F)(F)F. The highest BCUT2D eigenvalue weighted by Gasteiger charge is 2.39. The highest BCUT2D eigenvalue weighted by atomic mass is 35.5. The maximum atomic E-state index is 14.6. The van der Waals surface area contributed by atoms with Crippen LogP contribution in [0.4, 0.5) is 35.1 Å². The third-order valence-electron chi connectivity index (χ3n) is 7.74. The standard InChI is InChI=1S/C29H28ClF2N3O2S.2C2HF3O2/c1-33-20-3-5-21(6-4-20)35(29(36)28-26(30)25-23(31)7-8-24(32)27(25)38-28)16-17-13-19(15-22(14-17)37-2)18-9-11-34-12-10-18;2*3-2(4,5)1(6)7/h7-15,20-21,33H,3-6,16H2,1-2H3;2*(H,6,7). The van der Waals surface area contributed by atoms with E-state index in [0.717, 1.165) is 65.8 Å². The number of alkyl halides is 6. The number of benzene rings is 2. The van der Waals surface area contributed by atoms with E-state index in [1.54, 1.807) is 19.5 Å². The molecule has 1 saturated carbocycles. The van der Waals surface area contributed by atoms with Gasteiger partial charge in [-0.15, -0.1) is 11.3 Å². The third-order valence-corrected chi connectivity index (χ3v) is 9.41. The lowest BCUT2D eigenvalue weighted by Gasteiger charge is -2.37. The van der Waals surface area contributed by atoms with E-state index in [9.17, 15) is 39.9 Å². The number of carboxylic acids is 2. The van der Waals surface area contributed by atoms with Gasteiger partial charge in [-0.25, -0.2) is 18.4 Å². The Kier molecular flexibility index (Phi) is 14.3. The van der Waals surface area contributed by atoms with Crippen molar-refractivity contribution in [2.75, 3.05) is 14.2 Å². The molecule has 2 aromatic heterocycles. The summed E-state index contributed by atoms with van der Waals surface area (Å²) < 4.78 is 98.2. The molecular weight excluding hydrogens is 754 g/mol. The molecule has 0 saturated heterocycles. The predicted octanol–water partition coefficient (Wildman–Crippen LogP) is 8.34. The van der Waals surface area contributed by atoms with E-state index in [0.29, 0.717) is 18.3 Å². The zero-order valence-electron chi connectivity index (χ0n) is 27.1. The van der Waals surface area contributed by atoms with Gasteiger partial charge in [-0.1, -0.05) is 11.6 Å². The van der Waals surface area contributed by atoms with Crippen molar-refractivity contribution in [2.45, 2.75) is 56.7 Å². The second kappa shape index (κ2) is 17.8. The molecule has 3 N–H and O–H groups in total. The number of nitrogens with one attached hydrogen (secondary N) is 1. The van der Waals surface area contributed by atoms with Crippen molar-refractivity contribution < 1.29 is 64.5 Å². The summed E-state index contributed by atoms with van der Waals surface area (Å²) in [5.41, 5.74) is 2.80. The van der Waals surface area contributed by atoms with Crippen LogP contribution in [0.3, 0.4) is 0 Å². The molecular formula is C33H30ClF8N3O6S. The number of nitrogens with zero attached hydrogens (tertiary/aromatic N) is 2. The summed E-state index contributed by atoms with van der Waals surface area (Å²) in [4.78, 5) is 37.9. The molecule has 0 bridgehead atoms. The van der Waals surface area contributed by atoms with Gasteiger partial charge >= 0.3 is 24.3 Å². The number of thiophene rings is 1. The summed E-state index contributed by atoms with van der Waals surface area (Å²) in [5, 5.41) is 17.5. The fourth-order valence-corrected chi connectivity index (χ4v) is 6.69. The normalized spacial score (nSPS) is 15.8. The van der Waals surface area contributed by atoms with Gasteiger partial charge in [-0.05, 0) is 91.9 Å². The quantitative estimate of drug-likeness (QED) is 0.160. The number of pyridine rings is 1. The number of aromatic nitrogens is 1. The smallest absolute Gasteiger partial charge is 0.490 e. The summed E-state index contributed by atoms with van der Waals surface area (Å²) in [7, 11) is 3.56. The number of amides is 1. The van der Waals surface area contributed by atoms with Crippen LogP contribution in [-0.4, -0.2) is 76.5 Å². The minimum absolute atomic E-state index is 0.0379. The van der Waals surface area contributed by atoms with Gasteiger partial charge in [0.15, 0.2) is 0 Å². The Bertz CT molecular complexity index is 1840. The van der Waals surface area contributed by atoms with E-state index in [1.807, 2.05) is 42.3 Å². The van der Waals surface area contributed by atoms with Crippen molar-refractivity contribution in [3.63, 3.8) is 0 Å². The number of carbonyl (C=O) groups is 3. The molecule has 0 radical (unpaired) electrons. The highest BCUT2D eigenvalue weighted by Crippen LogP contribution is 2.40. The molecule has 0 spiro atoms. The van der Waals surface area contributed by atoms with E-state index in [2.05, 4.69) is 10.3 Å². The first kappa shape index (κ1) is 41.9. The maximum Gasteiger partial charge on any atom is 0.490 e. The Morgan fingerprint density at radius 3 is 1.92 bits per heavy atom. The zero-order valence-corrected chi connectivity index (χ0v) is 28.7. The summed E-state index contributed by atoms with van der Waals surface area (Å²) >= 11 is 7.44. The van der Waals surface area contributed by atoms with Gasteiger partial charge in [0.2, 0.25) is 0 Å². The number of fused-ring (bicyclic) bond motifs is 1. The Labute approximate surface area is 299 Å². The van der Waals surface area contributed by atoms with Crippen molar-refractivity contribution in [3.05, 3.63) is 82.0 Å². The fraction of sp³-hybridized carbons (Fsp3) is 0.333. The summed E-state index contributed by atoms with van der Waals surface area (Å²) in [6.45, 7) is 0.304. The Balaban J connectivity index is 0.000000441. The highest BCUT2D eigenvalue weighted by molar-refractivity contribution is 7.21. The lowest BCUT2D eigenvalue weighted by molar-refractivity contribution is -0.193. The molecule has 19 heteroatoms. The van der Waals surface area contributed by atoms with Gasteiger partial charge in [0.05, 0.1) is 22.2 Å². The lowest BCUT2D eigenvalue weighted by atomic mass is 9.89. The molecule has 9 nitrogen and oxygen atoms in total. The number of aliphatic carboxylic acids is 2. The number of ether oxygens (including phenoxy) is 1. The third kappa shape index (κ3) is 11.0. The van der Waals surface area contributed by atoms with Crippen molar-refractivity contribution in [2.24, 2.45) is 0 Å². The molecule has 2 aromatic carbocycles. The van der Waals surface area contributed by atoms with E-state index in [4.69, 9.17) is 36.1 Å². The largest absolute Gasteiger partial charge is 0.497 e. The van der Waals surface area contributed by atoms with E-state index >= 15 is 0 Å². The summed E-state index contributed by atoms with van der Waals surface area (Å²) in [5.74, 6) is -6.40. The van der Waals surface area contributed by atoms with Crippen LogP contribution < -0.4 is 10.1 Å². The van der Waals surface area contributed by atoms with Crippen molar-refractivity contribution in [1.29, 1.82) is 0 Å². The molecule has 1 amide bonds. The number of carbonyl (C=O) groups excluding carboxylic acids is 1. The monoisotopic (exact) mass is 783 g/mol. The van der Waals surface area contributed by atoms with Gasteiger partial charge in [-0.3, -0.25) is 9.78 Å². The van der Waals surface area contributed by atoms with Crippen LogP contribution in [0.5, 0.6) is 5.75 Å².